The molecule has 2 aromatic rings. The van der Waals surface area contributed by atoms with Crippen LogP contribution in [-0.2, 0) is 6.54 Å². The summed E-state index contributed by atoms with van der Waals surface area (Å²) >= 11 is 5.92. The van der Waals surface area contributed by atoms with Crippen LogP contribution in [0.25, 0.3) is 0 Å². The molecule has 6 nitrogen and oxygen atoms in total. The van der Waals surface area contributed by atoms with E-state index in [0.29, 0.717) is 5.02 Å². The van der Waals surface area contributed by atoms with Crippen LogP contribution in [0.1, 0.15) is 28.8 Å². The van der Waals surface area contributed by atoms with Crippen molar-refractivity contribution in [1.82, 2.24) is 10.2 Å². The summed E-state index contributed by atoms with van der Waals surface area (Å²) in [6, 6.07) is 10.6. The van der Waals surface area contributed by atoms with Crippen LogP contribution in [0, 0.1) is 0 Å². The average molecular weight is 389 g/mol. The Balaban J connectivity index is 1.30. The van der Waals surface area contributed by atoms with E-state index in [1.165, 1.54) is 17.7 Å². The topological polar surface area (TPSA) is 71.0 Å². The van der Waals surface area contributed by atoms with Gasteiger partial charge in [0.2, 0.25) is 6.79 Å². The highest BCUT2D eigenvalue weighted by Crippen LogP contribution is 2.33. The minimum atomic E-state index is -0.288. The van der Waals surface area contributed by atoms with Gasteiger partial charge in [-0.15, -0.1) is 0 Å². The number of hydrogen-bond acceptors (Lipinski definition) is 5. The number of piperidine rings is 1. The fourth-order valence-electron chi connectivity index (χ4n) is 3.49. The van der Waals surface area contributed by atoms with Gasteiger partial charge in [-0.2, -0.15) is 0 Å². The van der Waals surface area contributed by atoms with Gasteiger partial charge in [-0.25, -0.2) is 0 Å². The van der Waals surface area contributed by atoms with E-state index in [9.17, 15) is 9.90 Å². The van der Waals surface area contributed by atoms with Crippen molar-refractivity contribution in [1.29, 1.82) is 0 Å². The lowest BCUT2D eigenvalue weighted by Crippen LogP contribution is -2.44. The summed E-state index contributed by atoms with van der Waals surface area (Å²) in [6.45, 7) is 2.90. The lowest BCUT2D eigenvalue weighted by atomic mass is 10.0. The zero-order valence-corrected chi connectivity index (χ0v) is 15.5. The van der Waals surface area contributed by atoms with Crippen molar-refractivity contribution < 1.29 is 19.4 Å². The number of ether oxygens (including phenoxy) is 2. The number of rotatable bonds is 4. The molecule has 0 radical (unpaired) electrons. The number of carbonyl (C=O) groups excluding carboxylic acids is 1. The van der Waals surface area contributed by atoms with Crippen molar-refractivity contribution in [3.63, 3.8) is 0 Å². The number of fused-ring (bicyclic) bond motifs is 1. The Bertz CT molecular complexity index is 850. The van der Waals surface area contributed by atoms with E-state index in [4.69, 9.17) is 21.1 Å². The Labute approximate surface area is 162 Å². The number of nitrogens with zero attached hydrogens (tertiary/aromatic N) is 1. The van der Waals surface area contributed by atoms with Gasteiger partial charge in [-0.1, -0.05) is 17.7 Å². The quantitative estimate of drug-likeness (QED) is 0.841. The smallest absolute Gasteiger partial charge is 0.255 e. The minimum absolute atomic E-state index is 0.0582. The third-order valence-electron chi connectivity index (χ3n) is 4.97. The van der Waals surface area contributed by atoms with E-state index in [-0.39, 0.29) is 30.1 Å². The van der Waals surface area contributed by atoms with Crippen LogP contribution in [0.3, 0.4) is 0 Å². The summed E-state index contributed by atoms with van der Waals surface area (Å²) in [4.78, 5) is 14.8. The second-order valence-electron chi connectivity index (χ2n) is 6.87. The third-order valence-corrected chi connectivity index (χ3v) is 5.20. The fraction of sp³-hybridized carbons (Fsp3) is 0.350. The Morgan fingerprint density at radius 1 is 1.15 bits per heavy atom. The maximum atomic E-state index is 12.4. The molecule has 1 amide bonds. The van der Waals surface area contributed by atoms with Crippen molar-refractivity contribution in [2.45, 2.75) is 25.4 Å². The number of aromatic hydroxyl groups is 1. The molecule has 0 atom stereocenters. The second kappa shape index (κ2) is 7.66. The Kier molecular flexibility index (Phi) is 5.09. The number of hydrogen-bond donors (Lipinski definition) is 2. The fourth-order valence-corrected chi connectivity index (χ4v) is 3.66. The highest BCUT2D eigenvalue weighted by molar-refractivity contribution is 6.31. The Morgan fingerprint density at radius 3 is 2.74 bits per heavy atom. The molecule has 2 N–H and O–H groups in total. The molecule has 0 saturated carbocycles. The molecule has 0 aromatic heterocycles. The Morgan fingerprint density at radius 2 is 1.93 bits per heavy atom. The van der Waals surface area contributed by atoms with Gasteiger partial charge in [0.25, 0.3) is 5.91 Å². The van der Waals surface area contributed by atoms with E-state index < -0.39 is 0 Å². The molecule has 0 unspecified atom stereocenters. The highest BCUT2D eigenvalue weighted by atomic mass is 35.5. The van der Waals surface area contributed by atoms with Gasteiger partial charge < -0.3 is 19.9 Å². The first-order valence-electron chi connectivity index (χ1n) is 8.99. The van der Waals surface area contributed by atoms with Gasteiger partial charge in [0.1, 0.15) is 5.75 Å². The molecule has 4 rings (SSSR count). The summed E-state index contributed by atoms with van der Waals surface area (Å²) in [5.41, 5.74) is 1.40. The predicted octanol–water partition coefficient (Wildman–Crippen LogP) is 3.17. The van der Waals surface area contributed by atoms with Crippen molar-refractivity contribution in [3.8, 4) is 17.2 Å². The van der Waals surface area contributed by atoms with Crippen LogP contribution in [0.2, 0.25) is 5.02 Å². The molecule has 27 heavy (non-hydrogen) atoms. The number of benzene rings is 2. The van der Waals surface area contributed by atoms with Crippen LogP contribution in [0.15, 0.2) is 36.4 Å². The van der Waals surface area contributed by atoms with Gasteiger partial charge in [0, 0.05) is 30.7 Å². The maximum Gasteiger partial charge on any atom is 0.255 e. The highest BCUT2D eigenvalue weighted by Gasteiger charge is 2.23. The molecule has 2 heterocycles. The average Bonchev–Trinajstić information content (AvgIpc) is 3.13. The third kappa shape index (κ3) is 4.12. The van der Waals surface area contributed by atoms with E-state index in [2.05, 4.69) is 16.3 Å². The minimum Gasteiger partial charge on any atom is -0.507 e. The van der Waals surface area contributed by atoms with Crippen LogP contribution in [0.5, 0.6) is 17.2 Å². The van der Waals surface area contributed by atoms with Crippen molar-refractivity contribution in [2.24, 2.45) is 0 Å². The lowest BCUT2D eigenvalue weighted by Gasteiger charge is -2.32. The van der Waals surface area contributed by atoms with Gasteiger partial charge in [0.15, 0.2) is 11.5 Å². The summed E-state index contributed by atoms with van der Waals surface area (Å²) in [5, 5.41) is 13.3. The normalized spacial score (nSPS) is 17.1. The molecule has 2 aliphatic heterocycles. The number of nitrogens with one attached hydrogen (secondary N) is 1. The molecular formula is C20H21ClN2O4. The molecule has 7 heteroatoms. The van der Waals surface area contributed by atoms with Crippen molar-refractivity contribution >= 4 is 17.5 Å². The summed E-state index contributed by atoms with van der Waals surface area (Å²) in [6.07, 6.45) is 1.72. The van der Waals surface area contributed by atoms with Gasteiger partial charge in [-0.3, -0.25) is 9.69 Å². The van der Waals surface area contributed by atoms with Crippen LogP contribution < -0.4 is 14.8 Å². The van der Waals surface area contributed by atoms with Gasteiger partial charge in [-0.05, 0) is 48.7 Å². The van der Waals surface area contributed by atoms with Gasteiger partial charge >= 0.3 is 0 Å². The molecule has 2 aliphatic rings. The van der Waals surface area contributed by atoms with E-state index in [1.807, 2.05) is 12.1 Å². The number of phenolic OH excluding ortho intramolecular Hbond substituents is 1. The zero-order chi connectivity index (χ0) is 18.8. The van der Waals surface area contributed by atoms with E-state index in [0.717, 1.165) is 44.0 Å². The van der Waals surface area contributed by atoms with Crippen LogP contribution >= 0.6 is 11.6 Å². The van der Waals surface area contributed by atoms with Crippen molar-refractivity contribution in [2.75, 3.05) is 19.9 Å². The first-order valence-corrected chi connectivity index (χ1v) is 9.36. The molecule has 1 fully saturated rings. The van der Waals surface area contributed by atoms with Crippen LogP contribution in [0.4, 0.5) is 0 Å². The molecule has 142 valence electrons. The lowest BCUT2D eigenvalue weighted by molar-refractivity contribution is 0.0906. The van der Waals surface area contributed by atoms with Crippen LogP contribution in [-0.4, -0.2) is 41.8 Å². The monoisotopic (exact) mass is 388 g/mol. The standard InChI is InChI=1S/C20H21ClN2O4/c21-14-2-3-17(24)16(10-14)20(25)22-15-5-7-23(8-6-15)11-13-1-4-18-19(9-13)27-12-26-18/h1-4,9-10,15,24H,5-8,11-12H2,(H,22,25). The van der Waals surface area contributed by atoms with E-state index >= 15 is 0 Å². The summed E-state index contributed by atoms with van der Waals surface area (Å²) in [5.74, 6) is 1.25. The molecule has 0 spiro atoms. The molecule has 0 bridgehead atoms. The maximum absolute atomic E-state index is 12.4. The zero-order valence-electron chi connectivity index (χ0n) is 14.8. The molecule has 1 saturated heterocycles. The first kappa shape index (κ1) is 17.9. The SMILES string of the molecule is O=C(NC1CCN(Cc2ccc3c(c2)OCO3)CC1)c1cc(Cl)ccc1O. The number of carbonyl (C=O) groups is 1. The van der Waals surface area contributed by atoms with Crippen molar-refractivity contribution in [3.05, 3.63) is 52.5 Å². The Hall–Kier alpha value is -2.44. The number of likely N-dealkylation sites (tertiary alicyclic amines) is 1. The molecule has 2 aromatic carbocycles. The first-order chi connectivity index (χ1) is 13.1. The predicted molar refractivity (Wildman–Crippen MR) is 101 cm³/mol. The summed E-state index contributed by atoms with van der Waals surface area (Å²) < 4.78 is 10.8. The number of phenols is 1. The molecule has 0 aliphatic carbocycles. The second-order valence-corrected chi connectivity index (χ2v) is 7.31. The van der Waals surface area contributed by atoms with Gasteiger partial charge in [0.05, 0.1) is 5.56 Å². The summed E-state index contributed by atoms with van der Waals surface area (Å²) in [7, 11) is 0. The largest absolute Gasteiger partial charge is 0.507 e. The van der Waals surface area contributed by atoms with E-state index in [1.54, 1.807) is 6.07 Å². The molecular weight excluding hydrogens is 368 g/mol. The number of halogens is 1. The number of amides is 1.